The van der Waals surface area contributed by atoms with E-state index in [1.54, 1.807) is 32.1 Å². The fraction of sp³-hybridized carbons (Fsp3) is 0.233. The van der Waals surface area contributed by atoms with Crippen molar-refractivity contribution < 1.29 is 18.8 Å². The normalized spacial score (nSPS) is 15.4. The molecule has 2 heterocycles. The third-order valence-corrected chi connectivity index (χ3v) is 8.11. The van der Waals surface area contributed by atoms with E-state index in [0.29, 0.717) is 23.2 Å². The molecule has 1 aliphatic carbocycles. The lowest BCUT2D eigenvalue weighted by Gasteiger charge is -2.29. The summed E-state index contributed by atoms with van der Waals surface area (Å²) in [7, 11) is 3.22. The summed E-state index contributed by atoms with van der Waals surface area (Å²) in [5, 5.41) is 4.22. The van der Waals surface area contributed by atoms with E-state index in [-0.39, 0.29) is 11.9 Å². The Morgan fingerprint density at radius 1 is 0.947 bits per heavy atom. The predicted octanol–water partition coefficient (Wildman–Crippen LogP) is 6.98. The lowest BCUT2D eigenvalue weighted by molar-refractivity contribution is 0.0974. The number of nitrogens with zero attached hydrogens (tertiary/aromatic N) is 3. The van der Waals surface area contributed by atoms with Gasteiger partial charge >= 0.3 is 0 Å². The minimum absolute atomic E-state index is 0.0775. The van der Waals surface area contributed by atoms with Crippen LogP contribution < -0.4 is 14.4 Å². The smallest absolute Gasteiger partial charge is 0.259 e. The van der Waals surface area contributed by atoms with E-state index in [2.05, 4.69) is 16.2 Å². The summed E-state index contributed by atoms with van der Waals surface area (Å²) in [6.45, 7) is 0. The Morgan fingerprint density at radius 3 is 2.58 bits per heavy atom. The Bertz CT molecular complexity index is 1520. The second-order valence-corrected chi connectivity index (χ2v) is 10.4. The minimum Gasteiger partial charge on any atom is -0.493 e. The van der Waals surface area contributed by atoms with Gasteiger partial charge in [-0.2, -0.15) is 4.98 Å². The molecule has 0 bridgehead atoms. The third kappa shape index (κ3) is 4.56. The van der Waals surface area contributed by atoms with Gasteiger partial charge in [-0.3, -0.25) is 4.79 Å². The van der Waals surface area contributed by atoms with Gasteiger partial charge in [0, 0.05) is 27.5 Å². The molecule has 192 valence electrons. The molecule has 3 aromatic carbocycles. The average Bonchev–Trinajstić information content (AvgIpc) is 3.64. The summed E-state index contributed by atoms with van der Waals surface area (Å²) in [5.41, 5.74) is 3.45. The molecular weight excluding hydrogens is 498 g/mol. The van der Waals surface area contributed by atoms with E-state index in [1.165, 1.54) is 0 Å². The van der Waals surface area contributed by atoms with Crippen LogP contribution in [-0.4, -0.2) is 36.3 Å². The van der Waals surface area contributed by atoms with Crippen molar-refractivity contribution in [2.75, 3.05) is 19.1 Å². The first kappa shape index (κ1) is 24.3. The molecule has 0 atom stereocenters. The van der Waals surface area contributed by atoms with E-state index in [9.17, 15) is 4.79 Å². The monoisotopic (exact) mass is 525 g/mol. The van der Waals surface area contributed by atoms with Crippen molar-refractivity contribution in [1.82, 2.24) is 10.1 Å². The summed E-state index contributed by atoms with van der Waals surface area (Å²) < 4.78 is 16.2. The Kier molecular flexibility index (Phi) is 6.64. The fourth-order valence-corrected chi connectivity index (χ4v) is 6.20. The van der Waals surface area contributed by atoms with Gasteiger partial charge in [0.1, 0.15) is 0 Å². The molecular formula is C30H27N3O4S. The molecule has 0 spiro atoms. The van der Waals surface area contributed by atoms with Crippen molar-refractivity contribution in [1.29, 1.82) is 0 Å². The largest absolute Gasteiger partial charge is 0.493 e. The van der Waals surface area contributed by atoms with Crippen molar-refractivity contribution in [2.24, 2.45) is 0 Å². The summed E-state index contributed by atoms with van der Waals surface area (Å²) in [4.78, 5) is 22.2. The van der Waals surface area contributed by atoms with Gasteiger partial charge in [0.25, 0.3) is 11.8 Å². The lowest BCUT2D eigenvalue weighted by atomic mass is 10.1. The number of amides is 1. The van der Waals surface area contributed by atoms with Crippen molar-refractivity contribution in [3.05, 3.63) is 77.7 Å². The number of methoxy groups -OCH3 is 2. The van der Waals surface area contributed by atoms with Gasteiger partial charge in [-0.15, -0.1) is 0 Å². The van der Waals surface area contributed by atoms with Crippen molar-refractivity contribution in [3.63, 3.8) is 0 Å². The van der Waals surface area contributed by atoms with Gasteiger partial charge in [-0.1, -0.05) is 48.0 Å². The van der Waals surface area contributed by atoms with Gasteiger partial charge in [0.2, 0.25) is 5.82 Å². The topological polar surface area (TPSA) is 77.7 Å². The third-order valence-electron chi connectivity index (χ3n) is 6.99. The van der Waals surface area contributed by atoms with E-state index < -0.39 is 0 Å². The van der Waals surface area contributed by atoms with Crippen LogP contribution in [0.4, 0.5) is 5.69 Å². The molecule has 4 aromatic rings. The molecule has 0 unspecified atom stereocenters. The van der Waals surface area contributed by atoms with Crippen molar-refractivity contribution in [2.45, 2.75) is 41.5 Å². The molecule has 1 aromatic heterocycles. The van der Waals surface area contributed by atoms with Crippen LogP contribution in [0.2, 0.25) is 0 Å². The number of fused-ring (bicyclic) bond motifs is 2. The van der Waals surface area contributed by atoms with Crippen molar-refractivity contribution >= 4 is 35.5 Å². The van der Waals surface area contributed by atoms with Gasteiger partial charge in [-0.05, 0) is 66.9 Å². The van der Waals surface area contributed by atoms with E-state index in [4.69, 9.17) is 14.0 Å². The molecule has 2 aliphatic rings. The van der Waals surface area contributed by atoms with E-state index in [0.717, 1.165) is 57.9 Å². The molecule has 7 nitrogen and oxygen atoms in total. The van der Waals surface area contributed by atoms with Gasteiger partial charge < -0.3 is 18.9 Å². The molecule has 0 radical (unpaired) electrons. The summed E-state index contributed by atoms with van der Waals surface area (Å²) >= 11 is 1.61. The highest BCUT2D eigenvalue weighted by Gasteiger charge is 2.34. The van der Waals surface area contributed by atoms with Crippen LogP contribution in [0.15, 0.2) is 75.0 Å². The van der Waals surface area contributed by atoms with Crippen LogP contribution >= 0.6 is 11.8 Å². The lowest BCUT2D eigenvalue weighted by Crippen LogP contribution is -2.39. The number of hydrogen-bond acceptors (Lipinski definition) is 7. The van der Waals surface area contributed by atoms with Crippen LogP contribution in [0.1, 0.15) is 47.5 Å². The number of benzene rings is 3. The first-order chi connectivity index (χ1) is 18.6. The first-order valence-electron chi connectivity index (χ1n) is 12.6. The second-order valence-electron chi connectivity index (χ2n) is 9.30. The highest BCUT2D eigenvalue weighted by molar-refractivity contribution is 7.99. The van der Waals surface area contributed by atoms with Gasteiger partial charge in [-0.25, -0.2) is 0 Å². The van der Waals surface area contributed by atoms with Crippen LogP contribution in [0.25, 0.3) is 23.5 Å². The van der Waals surface area contributed by atoms with Crippen LogP contribution in [0.3, 0.4) is 0 Å². The first-order valence-corrected chi connectivity index (χ1v) is 13.4. The average molecular weight is 526 g/mol. The van der Waals surface area contributed by atoms with E-state index in [1.807, 2.05) is 65.6 Å². The number of ether oxygens (including phenoxy) is 2. The quantitative estimate of drug-likeness (QED) is 0.269. The Hall–Kier alpha value is -4.04. The zero-order chi connectivity index (χ0) is 26.1. The second kappa shape index (κ2) is 10.4. The molecule has 1 aliphatic heterocycles. The van der Waals surface area contributed by atoms with Gasteiger partial charge in [0.05, 0.1) is 25.5 Å². The minimum atomic E-state index is 0.0775. The van der Waals surface area contributed by atoms with Crippen molar-refractivity contribution in [3.8, 4) is 22.9 Å². The SMILES string of the molecule is COc1ccc(/C=C/c2nc(-c3ccc4c(c3)Sc3ccccc3C(=O)N4C3CCCC3)no2)cc1OC. The Labute approximate surface area is 225 Å². The highest BCUT2D eigenvalue weighted by Crippen LogP contribution is 2.45. The molecule has 8 heteroatoms. The maximum atomic E-state index is 13.7. The summed E-state index contributed by atoms with van der Waals surface area (Å²) in [6.07, 6.45) is 8.01. The predicted molar refractivity (Wildman–Crippen MR) is 148 cm³/mol. The summed E-state index contributed by atoms with van der Waals surface area (Å²) in [6, 6.07) is 19.8. The molecule has 38 heavy (non-hydrogen) atoms. The number of carbonyl (C=O) groups is 1. The van der Waals surface area contributed by atoms with Gasteiger partial charge in [0.15, 0.2) is 11.5 Å². The molecule has 1 fully saturated rings. The molecule has 0 saturated heterocycles. The number of carbonyl (C=O) groups excluding carboxylic acids is 1. The maximum absolute atomic E-state index is 13.7. The highest BCUT2D eigenvalue weighted by atomic mass is 32.2. The molecule has 6 rings (SSSR count). The maximum Gasteiger partial charge on any atom is 0.259 e. The standard InChI is InChI=1S/C30H27N3O4S/c1-35-24-15-11-19(17-25(24)36-2)12-16-28-31-29(32-37-28)20-13-14-23-27(18-20)38-26-10-6-5-9-22(26)30(34)33(23)21-7-3-4-8-21/h5-6,9-18,21H,3-4,7-8H2,1-2H3/b16-12+. The summed E-state index contributed by atoms with van der Waals surface area (Å²) in [5.74, 6) is 2.28. The Balaban J connectivity index is 1.31. The molecule has 1 saturated carbocycles. The number of aromatic nitrogens is 2. The Morgan fingerprint density at radius 2 is 1.76 bits per heavy atom. The molecule has 0 N–H and O–H groups in total. The number of anilines is 1. The fourth-order valence-electron chi connectivity index (χ4n) is 5.09. The van der Waals surface area contributed by atoms with E-state index >= 15 is 0 Å². The van der Waals surface area contributed by atoms with Crippen LogP contribution in [0.5, 0.6) is 11.5 Å². The zero-order valence-corrected chi connectivity index (χ0v) is 22.0. The number of hydrogen-bond donors (Lipinski definition) is 0. The zero-order valence-electron chi connectivity index (χ0n) is 21.2. The molecule has 1 amide bonds. The van der Waals surface area contributed by atoms with Crippen LogP contribution in [-0.2, 0) is 0 Å². The van der Waals surface area contributed by atoms with Crippen LogP contribution in [0, 0.1) is 0 Å². The number of rotatable bonds is 6.